The molecule has 0 fully saturated rings. The van der Waals surface area contributed by atoms with Crippen LogP contribution in [0.25, 0.3) is 0 Å². The first-order chi connectivity index (χ1) is 8.74. The van der Waals surface area contributed by atoms with Crippen LogP contribution in [0.3, 0.4) is 0 Å². The molecule has 0 spiro atoms. The number of nitrogens with zero attached hydrogens (tertiary/aromatic N) is 1. The van der Waals surface area contributed by atoms with E-state index in [1.165, 1.54) is 18.4 Å². The van der Waals surface area contributed by atoms with Crippen LogP contribution in [0, 0.1) is 0 Å². The predicted octanol–water partition coefficient (Wildman–Crippen LogP) is 2.64. The Morgan fingerprint density at radius 3 is 2.58 bits per heavy atom. The lowest BCUT2D eigenvalue weighted by Gasteiger charge is -2.17. The van der Waals surface area contributed by atoms with Crippen LogP contribution in [0.1, 0.15) is 18.5 Å². The summed E-state index contributed by atoms with van der Waals surface area (Å²) in [5, 5.41) is 3.82. The van der Waals surface area contributed by atoms with E-state index >= 15 is 0 Å². The third kappa shape index (κ3) is 5.04. The molecular formula is C12H18BrClN2O2S. The van der Waals surface area contributed by atoms with Crippen molar-refractivity contribution in [3.8, 4) is 0 Å². The molecule has 1 aromatic carbocycles. The lowest BCUT2D eigenvalue weighted by atomic mass is 10.1. The summed E-state index contributed by atoms with van der Waals surface area (Å²) in [6.07, 6.45) is 0. The van der Waals surface area contributed by atoms with Gasteiger partial charge in [0.2, 0.25) is 10.0 Å². The van der Waals surface area contributed by atoms with Gasteiger partial charge in [-0.05, 0) is 24.6 Å². The van der Waals surface area contributed by atoms with Crippen LogP contribution < -0.4 is 5.32 Å². The monoisotopic (exact) mass is 368 g/mol. The second kappa shape index (κ2) is 7.04. The zero-order chi connectivity index (χ0) is 14.6. The molecule has 1 atom stereocenters. The van der Waals surface area contributed by atoms with E-state index in [2.05, 4.69) is 21.2 Å². The molecule has 7 heteroatoms. The van der Waals surface area contributed by atoms with Gasteiger partial charge in [-0.25, -0.2) is 12.7 Å². The standard InChI is InChI=1S/C12H18BrClN2O2S/c1-9(11-5-4-10(13)8-12(11)14)15-6-7-19(17,18)16(2)3/h4-5,8-9,15H,6-7H2,1-3H3. The molecule has 0 aromatic heterocycles. The van der Waals surface area contributed by atoms with Crippen LogP contribution >= 0.6 is 27.5 Å². The van der Waals surface area contributed by atoms with Crippen LogP contribution in [0.5, 0.6) is 0 Å². The highest BCUT2D eigenvalue weighted by atomic mass is 79.9. The lowest BCUT2D eigenvalue weighted by molar-refractivity contribution is 0.512. The molecule has 0 bridgehead atoms. The van der Waals surface area contributed by atoms with Gasteiger partial charge in [0, 0.05) is 36.2 Å². The molecule has 1 aromatic rings. The second-order valence-corrected chi connectivity index (χ2v) is 8.07. The summed E-state index contributed by atoms with van der Waals surface area (Å²) in [7, 11) is -0.0984. The molecule has 108 valence electrons. The van der Waals surface area contributed by atoms with Crippen LogP contribution in [0.4, 0.5) is 0 Å². The highest BCUT2D eigenvalue weighted by molar-refractivity contribution is 9.10. The van der Waals surface area contributed by atoms with Gasteiger partial charge in [0.25, 0.3) is 0 Å². The Morgan fingerprint density at radius 1 is 1.42 bits per heavy atom. The summed E-state index contributed by atoms with van der Waals surface area (Å²) >= 11 is 9.50. The highest BCUT2D eigenvalue weighted by Gasteiger charge is 2.15. The van der Waals surface area contributed by atoms with Gasteiger partial charge in [0.05, 0.1) is 5.75 Å². The van der Waals surface area contributed by atoms with Gasteiger partial charge in [-0.2, -0.15) is 0 Å². The summed E-state index contributed by atoms with van der Waals surface area (Å²) in [6, 6.07) is 5.66. The summed E-state index contributed by atoms with van der Waals surface area (Å²) in [6.45, 7) is 2.34. The van der Waals surface area contributed by atoms with Gasteiger partial charge in [0.15, 0.2) is 0 Å². The van der Waals surface area contributed by atoms with Crippen molar-refractivity contribution in [3.05, 3.63) is 33.3 Å². The van der Waals surface area contributed by atoms with Crippen molar-refractivity contribution in [2.24, 2.45) is 0 Å². The van der Waals surface area contributed by atoms with Gasteiger partial charge >= 0.3 is 0 Å². The summed E-state index contributed by atoms with van der Waals surface area (Å²) in [5.41, 5.74) is 0.951. The van der Waals surface area contributed by atoms with Crippen molar-refractivity contribution in [2.75, 3.05) is 26.4 Å². The van der Waals surface area contributed by atoms with Crippen LogP contribution in [0.2, 0.25) is 5.02 Å². The average molecular weight is 370 g/mol. The van der Waals surface area contributed by atoms with Crippen molar-refractivity contribution >= 4 is 37.6 Å². The topological polar surface area (TPSA) is 49.4 Å². The first-order valence-electron chi connectivity index (χ1n) is 5.82. The van der Waals surface area contributed by atoms with Gasteiger partial charge in [0.1, 0.15) is 0 Å². The number of nitrogens with one attached hydrogen (secondary N) is 1. The number of benzene rings is 1. The molecule has 1 N–H and O–H groups in total. The van der Waals surface area contributed by atoms with Crippen LogP contribution in [-0.2, 0) is 10.0 Å². The number of sulfonamides is 1. The van der Waals surface area contributed by atoms with E-state index in [1.807, 2.05) is 25.1 Å². The number of hydrogen-bond donors (Lipinski definition) is 1. The highest BCUT2D eigenvalue weighted by Crippen LogP contribution is 2.26. The molecule has 0 heterocycles. The maximum absolute atomic E-state index is 11.6. The van der Waals surface area contributed by atoms with E-state index in [9.17, 15) is 8.42 Å². The zero-order valence-electron chi connectivity index (χ0n) is 11.2. The molecule has 0 saturated heterocycles. The minimum Gasteiger partial charge on any atom is -0.309 e. The van der Waals surface area contributed by atoms with Crippen LogP contribution in [-0.4, -0.2) is 39.1 Å². The first kappa shape index (κ1) is 16.9. The van der Waals surface area contributed by atoms with E-state index < -0.39 is 10.0 Å². The Labute approximate surface area is 128 Å². The van der Waals surface area contributed by atoms with Gasteiger partial charge in [-0.15, -0.1) is 0 Å². The predicted molar refractivity (Wildman–Crippen MR) is 83.0 cm³/mol. The van der Waals surface area contributed by atoms with Gasteiger partial charge < -0.3 is 5.32 Å². The molecule has 0 saturated carbocycles. The fourth-order valence-corrected chi connectivity index (χ4v) is 3.13. The van der Waals surface area contributed by atoms with Crippen molar-refractivity contribution < 1.29 is 8.42 Å². The van der Waals surface area contributed by atoms with E-state index in [4.69, 9.17) is 11.6 Å². The van der Waals surface area contributed by atoms with Gasteiger partial charge in [-0.3, -0.25) is 0 Å². The molecule has 19 heavy (non-hydrogen) atoms. The summed E-state index contributed by atoms with van der Waals surface area (Å²) < 4.78 is 25.4. The first-order valence-corrected chi connectivity index (χ1v) is 8.60. The lowest BCUT2D eigenvalue weighted by Crippen LogP contribution is -2.32. The number of hydrogen-bond acceptors (Lipinski definition) is 3. The Balaban J connectivity index is 2.59. The molecular weight excluding hydrogens is 352 g/mol. The molecule has 1 rings (SSSR count). The summed E-state index contributed by atoms with van der Waals surface area (Å²) in [5.74, 6) is 0.0679. The zero-order valence-corrected chi connectivity index (χ0v) is 14.3. The Bertz CT molecular complexity index is 535. The molecule has 0 aliphatic heterocycles. The molecule has 0 amide bonds. The van der Waals surface area contributed by atoms with Crippen molar-refractivity contribution in [3.63, 3.8) is 0 Å². The minimum atomic E-state index is -3.16. The largest absolute Gasteiger partial charge is 0.309 e. The Morgan fingerprint density at radius 2 is 2.05 bits per heavy atom. The minimum absolute atomic E-state index is 0.00189. The smallest absolute Gasteiger partial charge is 0.214 e. The molecule has 0 aliphatic rings. The quantitative estimate of drug-likeness (QED) is 0.838. The SMILES string of the molecule is CC(NCCS(=O)(=O)N(C)C)c1ccc(Br)cc1Cl. The van der Waals surface area contributed by atoms with Crippen molar-refractivity contribution in [1.29, 1.82) is 0 Å². The summed E-state index contributed by atoms with van der Waals surface area (Å²) in [4.78, 5) is 0. The van der Waals surface area contributed by atoms with Crippen molar-refractivity contribution in [2.45, 2.75) is 13.0 Å². The normalized spacial score (nSPS) is 13.8. The fourth-order valence-electron chi connectivity index (χ4n) is 1.55. The second-order valence-electron chi connectivity index (χ2n) is 4.44. The maximum Gasteiger partial charge on any atom is 0.214 e. The van der Waals surface area contributed by atoms with Gasteiger partial charge in [-0.1, -0.05) is 33.6 Å². The average Bonchev–Trinajstić information content (AvgIpc) is 2.28. The van der Waals surface area contributed by atoms with E-state index in [0.29, 0.717) is 11.6 Å². The third-order valence-electron chi connectivity index (χ3n) is 2.80. The van der Waals surface area contributed by atoms with E-state index in [0.717, 1.165) is 10.0 Å². The maximum atomic E-state index is 11.6. The molecule has 4 nitrogen and oxygen atoms in total. The number of halogens is 2. The van der Waals surface area contributed by atoms with E-state index in [1.54, 1.807) is 0 Å². The van der Waals surface area contributed by atoms with E-state index in [-0.39, 0.29) is 11.8 Å². The third-order valence-corrected chi connectivity index (χ3v) is 5.45. The molecule has 0 aliphatic carbocycles. The fraction of sp³-hybridized carbons (Fsp3) is 0.500. The van der Waals surface area contributed by atoms with Crippen molar-refractivity contribution in [1.82, 2.24) is 9.62 Å². The van der Waals surface area contributed by atoms with Crippen LogP contribution in [0.15, 0.2) is 22.7 Å². The molecule has 0 radical (unpaired) electrons. The Kier molecular flexibility index (Phi) is 6.26. The molecule has 1 unspecified atom stereocenters. The Hall–Kier alpha value is -0.140. The number of rotatable bonds is 6.